The number of hydrogen-bond acceptors (Lipinski definition) is 12. The Bertz CT molecular complexity index is 1470. The molecule has 0 unspecified atom stereocenters. The van der Waals surface area contributed by atoms with Crippen molar-refractivity contribution in [3.05, 3.63) is 54.7 Å². The Hall–Kier alpha value is -4.53. The minimum Gasteiger partial charge on any atom is -0.467 e. The molecule has 0 aliphatic heterocycles. The molecule has 1 saturated carbocycles. The molecule has 1 fully saturated rings. The number of hydrogen-bond donors (Lipinski definition) is 5. The van der Waals surface area contributed by atoms with Gasteiger partial charge in [0.2, 0.25) is 11.9 Å². The largest absolute Gasteiger partial charge is 0.467 e. The van der Waals surface area contributed by atoms with Crippen LogP contribution in [0.1, 0.15) is 51.0 Å². The zero-order valence-corrected chi connectivity index (χ0v) is 23.3. The number of nitrogens with one attached hydrogen (secondary N) is 2. The smallest absolute Gasteiger partial charge is 0.316 e. The fraction of sp³-hybridized carbons (Fsp3) is 0.393. The quantitative estimate of drug-likeness (QED) is 0.173. The van der Waals surface area contributed by atoms with E-state index >= 15 is 0 Å². The van der Waals surface area contributed by atoms with Gasteiger partial charge in [0.15, 0.2) is 0 Å². The monoisotopic (exact) mass is 575 g/mol. The zero-order chi connectivity index (χ0) is 29.7. The molecule has 220 valence electrons. The molecular weight excluding hydrogens is 542 g/mol. The molecule has 14 nitrogen and oxygen atoms in total. The Labute approximate surface area is 241 Å². The van der Waals surface area contributed by atoms with Gasteiger partial charge in [-0.3, -0.25) is 14.8 Å². The predicted molar refractivity (Wildman–Crippen MR) is 152 cm³/mol. The van der Waals surface area contributed by atoms with Crippen LogP contribution in [0.4, 0.5) is 11.8 Å². The first-order valence-corrected chi connectivity index (χ1v) is 13.7. The maximum Gasteiger partial charge on any atom is 0.316 e. The molecule has 14 heteroatoms. The first-order valence-electron chi connectivity index (χ1n) is 13.7. The molecule has 0 bridgehead atoms. The van der Waals surface area contributed by atoms with Gasteiger partial charge in [-0.05, 0) is 50.3 Å². The van der Waals surface area contributed by atoms with Crippen molar-refractivity contribution >= 4 is 17.7 Å². The van der Waals surface area contributed by atoms with E-state index in [1.54, 1.807) is 24.7 Å². The summed E-state index contributed by atoms with van der Waals surface area (Å²) in [6, 6.07) is 5.65. The third-order valence-electron chi connectivity index (χ3n) is 7.17. The highest BCUT2D eigenvalue weighted by atomic mass is 16.7. The Kier molecular flexibility index (Phi) is 8.66. The minimum atomic E-state index is -3.11. The number of amides is 1. The lowest BCUT2D eigenvalue weighted by Gasteiger charge is -2.36. The van der Waals surface area contributed by atoms with E-state index in [2.05, 4.69) is 40.4 Å². The molecule has 0 spiro atoms. The van der Waals surface area contributed by atoms with E-state index in [0.717, 1.165) is 49.4 Å². The molecule has 4 aromatic rings. The number of pyridine rings is 1. The van der Waals surface area contributed by atoms with Gasteiger partial charge in [-0.2, -0.15) is 5.10 Å². The summed E-state index contributed by atoms with van der Waals surface area (Å²) in [6.07, 6.45) is 11.8. The number of methoxy groups -OCH3 is 1. The van der Waals surface area contributed by atoms with Gasteiger partial charge in [0.25, 0.3) is 0 Å². The van der Waals surface area contributed by atoms with Gasteiger partial charge in [-0.25, -0.2) is 24.9 Å². The van der Waals surface area contributed by atoms with E-state index in [1.165, 1.54) is 13.3 Å². The van der Waals surface area contributed by atoms with Gasteiger partial charge in [0.05, 0.1) is 18.4 Å². The van der Waals surface area contributed by atoms with Crippen LogP contribution in [0.15, 0.2) is 49.2 Å². The van der Waals surface area contributed by atoms with E-state index < -0.39 is 5.97 Å². The number of aromatic nitrogens is 7. The molecule has 4 heterocycles. The van der Waals surface area contributed by atoms with Crippen molar-refractivity contribution in [3.8, 4) is 28.5 Å². The van der Waals surface area contributed by atoms with Gasteiger partial charge in [0.1, 0.15) is 11.5 Å². The minimum absolute atomic E-state index is 0.0209. The van der Waals surface area contributed by atoms with E-state index in [9.17, 15) is 20.1 Å². The van der Waals surface area contributed by atoms with Crippen LogP contribution in [0.3, 0.4) is 0 Å². The van der Waals surface area contributed by atoms with Crippen LogP contribution in [-0.4, -0.2) is 75.5 Å². The zero-order valence-electron chi connectivity index (χ0n) is 23.3. The van der Waals surface area contributed by atoms with Crippen molar-refractivity contribution in [1.82, 2.24) is 35.1 Å². The average Bonchev–Trinajstić information content (AvgIpc) is 3.54. The van der Waals surface area contributed by atoms with Gasteiger partial charge in [0, 0.05) is 60.6 Å². The summed E-state index contributed by atoms with van der Waals surface area (Å²) in [5.41, 5.74) is 1.85. The van der Waals surface area contributed by atoms with Crippen molar-refractivity contribution in [1.29, 1.82) is 0 Å². The van der Waals surface area contributed by atoms with Gasteiger partial charge in [-0.15, -0.1) is 0 Å². The number of aromatic amines is 1. The van der Waals surface area contributed by atoms with Crippen molar-refractivity contribution in [2.24, 2.45) is 0 Å². The summed E-state index contributed by atoms with van der Waals surface area (Å²) in [6.45, 7) is 1.98. The van der Waals surface area contributed by atoms with Gasteiger partial charge < -0.3 is 25.4 Å². The predicted octanol–water partition coefficient (Wildman–Crippen LogP) is 2.37. The highest BCUT2D eigenvalue weighted by Crippen LogP contribution is 2.31. The molecule has 42 heavy (non-hydrogen) atoms. The molecule has 5 N–H and O–H groups in total. The molecule has 0 aromatic carbocycles. The Morgan fingerprint density at radius 2 is 1.76 bits per heavy atom. The fourth-order valence-corrected chi connectivity index (χ4v) is 5.07. The number of aliphatic hydroxyl groups is 3. The van der Waals surface area contributed by atoms with Crippen LogP contribution in [-0.2, 0) is 10.8 Å². The Morgan fingerprint density at radius 3 is 2.36 bits per heavy atom. The molecule has 0 atom stereocenters. The van der Waals surface area contributed by atoms with Crippen molar-refractivity contribution in [2.45, 2.75) is 63.5 Å². The summed E-state index contributed by atoms with van der Waals surface area (Å²) in [4.78, 5) is 36.6. The van der Waals surface area contributed by atoms with Crippen LogP contribution < -0.4 is 15.0 Å². The Balaban J connectivity index is 1.28. The number of H-pyrrole nitrogens is 1. The molecule has 0 saturated heterocycles. The lowest BCUT2D eigenvalue weighted by Crippen LogP contribution is -2.44. The van der Waals surface area contributed by atoms with Crippen molar-refractivity contribution < 1.29 is 24.9 Å². The molecule has 1 aliphatic rings. The second kappa shape index (κ2) is 12.5. The number of ether oxygens (including phenoxy) is 1. The maximum absolute atomic E-state index is 13.3. The summed E-state index contributed by atoms with van der Waals surface area (Å²) in [5.74, 6) is -2.20. The molecule has 5 rings (SSSR count). The molecule has 0 radical (unpaired) electrons. The van der Waals surface area contributed by atoms with Crippen LogP contribution in [0.2, 0.25) is 0 Å². The first-order chi connectivity index (χ1) is 20.3. The number of carbonyl (C=O) groups excluding carboxylic acids is 1. The lowest BCUT2D eigenvalue weighted by molar-refractivity contribution is -0.323. The molecular formula is C28H33N9O5. The SMILES string of the molecule is CCCC(=O)N(c1ccc(-c2cnc(OC)nc2)cn1)C1CCC(Nc2ncc(C(O)(O)O)c(-c3ccn[nH]3)n2)CC1. The second-order valence-corrected chi connectivity index (χ2v) is 10.1. The van der Waals surface area contributed by atoms with Crippen LogP contribution in [0.25, 0.3) is 22.5 Å². The highest BCUT2D eigenvalue weighted by Gasteiger charge is 2.32. The van der Waals surface area contributed by atoms with E-state index in [4.69, 9.17) is 4.74 Å². The fourth-order valence-electron chi connectivity index (χ4n) is 5.07. The third-order valence-corrected chi connectivity index (χ3v) is 7.17. The number of nitrogens with zero attached hydrogens (tertiary/aromatic N) is 7. The number of anilines is 2. The van der Waals surface area contributed by atoms with E-state index in [-0.39, 0.29) is 41.2 Å². The van der Waals surface area contributed by atoms with Crippen LogP contribution >= 0.6 is 0 Å². The normalized spacial score (nSPS) is 17.1. The summed E-state index contributed by atoms with van der Waals surface area (Å²) in [5, 5.41) is 39.2. The molecule has 1 aliphatic carbocycles. The van der Waals surface area contributed by atoms with Crippen molar-refractivity contribution in [2.75, 3.05) is 17.3 Å². The third kappa shape index (κ3) is 6.51. The average molecular weight is 576 g/mol. The Morgan fingerprint density at radius 1 is 1.02 bits per heavy atom. The standard InChI is InChI=1S/C28H33N9O5/c1-3-4-24(38)37(23-10-5-17(13-29-23)18-14-31-27(42-2)32-15-18)20-8-6-19(7-9-20)34-26-30-16-21(28(39,40)41)25(35-26)22-11-12-33-36-22/h5,10-16,19-20,39-41H,3-4,6-9H2,1-2H3,(H,33,36)(H,30,34,35). The first kappa shape index (κ1) is 29.0. The van der Waals surface area contributed by atoms with E-state index in [1.807, 2.05) is 24.0 Å². The van der Waals surface area contributed by atoms with Gasteiger partial charge >= 0.3 is 12.0 Å². The number of rotatable bonds is 10. The topological polar surface area (TPSA) is 195 Å². The summed E-state index contributed by atoms with van der Waals surface area (Å²) < 4.78 is 5.03. The summed E-state index contributed by atoms with van der Waals surface area (Å²) in [7, 11) is 1.51. The highest BCUT2D eigenvalue weighted by molar-refractivity contribution is 5.93. The van der Waals surface area contributed by atoms with E-state index in [0.29, 0.717) is 17.9 Å². The lowest BCUT2D eigenvalue weighted by atomic mass is 9.90. The molecule has 1 amide bonds. The van der Waals surface area contributed by atoms with Gasteiger partial charge in [-0.1, -0.05) is 6.92 Å². The van der Waals surface area contributed by atoms with Crippen molar-refractivity contribution in [3.63, 3.8) is 0 Å². The van der Waals surface area contributed by atoms with Crippen LogP contribution in [0.5, 0.6) is 6.01 Å². The summed E-state index contributed by atoms with van der Waals surface area (Å²) >= 11 is 0. The second-order valence-electron chi connectivity index (χ2n) is 10.1. The molecule has 4 aromatic heterocycles. The number of carbonyl (C=O) groups is 1. The van der Waals surface area contributed by atoms with Crippen LogP contribution in [0, 0.1) is 0 Å². The maximum atomic E-state index is 13.3.